The molecule has 2 saturated carbocycles. The van der Waals surface area contributed by atoms with Crippen LogP contribution < -0.4 is 0 Å². The molecule has 0 unspecified atom stereocenters. The smallest absolute Gasteiger partial charge is 0.334 e. The number of rotatable bonds is 0. The number of hydrogen-bond donors (Lipinski definition) is 1. The largest absolute Gasteiger partial charge is 0.461 e. The topological polar surface area (TPSA) is 46.5 Å². The monoisotopic (exact) mass is 248 g/mol. The minimum Gasteiger partial charge on any atom is -0.461 e. The highest BCUT2D eigenvalue weighted by atomic mass is 16.5. The van der Waals surface area contributed by atoms with E-state index in [1.807, 2.05) is 0 Å². The average molecular weight is 248 g/mol. The van der Waals surface area contributed by atoms with Gasteiger partial charge in [0.15, 0.2) is 0 Å². The van der Waals surface area contributed by atoms with E-state index in [9.17, 15) is 9.90 Å². The Bertz CT molecular complexity index is 504. The van der Waals surface area contributed by atoms with Gasteiger partial charge in [0.05, 0.1) is 6.10 Å². The molecule has 1 heterocycles. The molecule has 1 N–H and O–H groups in total. The summed E-state index contributed by atoms with van der Waals surface area (Å²) in [5.41, 5.74) is 2.10. The molecule has 1 aliphatic heterocycles. The zero-order chi connectivity index (χ0) is 12.9. The third-order valence-electron chi connectivity index (χ3n) is 6.01. The summed E-state index contributed by atoms with van der Waals surface area (Å²) < 4.78 is 5.33. The van der Waals surface area contributed by atoms with Gasteiger partial charge >= 0.3 is 5.97 Å². The van der Waals surface area contributed by atoms with Crippen LogP contribution in [0.15, 0.2) is 11.1 Å². The first-order valence-corrected chi connectivity index (χ1v) is 6.90. The third kappa shape index (κ3) is 0.965. The van der Waals surface area contributed by atoms with E-state index in [1.165, 1.54) is 5.57 Å². The van der Waals surface area contributed by atoms with Crippen LogP contribution in [0.5, 0.6) is 0 Å². The molecule has 0 aromatic carbocycles. The van der Waals surface area contributed by atoms with Crippen molar-refractivity contribution in [1.82, 2.24) is 0 Å². The van der Waals surface area contributed by atoms with Crippen molar-refractivity contribution in [3.8, 4) is 0 Å². The van der Waals surface area contributed by atoms with Crippen LogP contribution in [0.3, 0.4) is 0 Å². The zero-order valence-corrected chi connectivity index (χ0v) is 11.2. The number of hydrogen-bond acceptors (Lipinski definition) is 3. The van der Waals surface area contributed by atoms with E-state index in [4.69, 9.17) is 4.74 Å². The molecule has 4 aliphatic rings. The highest BCUT2D eigenvalue weighted by Crippen LogP contribution is 2.77. The van der Waals surface area contributed by atoms with Crippen molar-refractivity contribution in [1.29, 1.82) is 0 Å². The fourth-order valence-electron chi connectivity index (χ4n) is 4.98. The van der Waals surface area contributed by atoms with Gasteiger partial charge in [-0.3, -0.25) is 0 Å². The molecule has 3 aliphatic carbocycles. The summed E-state index contributed by atoms with van der Waals surface area (Å²) in [6.07, 6.45) is 2.55. The highest BCUT2D eigenvalue weighted by molar-refractivity contribution is 5.95. The first-order chi connectivity index (χ1) is 8.31. The lowest BCUT2D eigenvalue weighted by molar-refractivity contribution is -0.135. The van der Waals surface area contributed by atoms with Gasteiger partial charge in [-0.25, -0.2) is 4.79 Å². The quantitative estimate of drug-likeness (QED) is 0.667. The molecule has 0 aromatic heterocycles. The summed E-state index contributed by atoms with van der Waals surface area (Å²) in [5, 5.41) is 10.7. The van der Waals surface area contributed by atoms with Crippen LogP contribution in [0.4, 0.5) is 0 Å². The Morgan fingerprint density at radius 3 is 2.78 bits per heavy atom. The molecular weight excluding hydrogens is 228 g/mol. The molecule has 4 rings (SSSR count). The standard InChI is InChI=1S/C15H20O3/c1-13(2)4-8-9(5-13)11(16)14(3)6-15(14)7-18-12(17)10(8)15/h9,11,16H,4-7H2,1-3H3/t9-,11+,14+,15+/m1/s1. The van der Waals surface area contributed by atoms with Crippen molar-refractivity contribution in [2.75, 3.05) is 6.61 Å². The lowest BCUT2D eigenvalue weighted by Crippen LogP contribution is -2.38. The van der Waals surface area contributed by atoms with Crippen molar-refractivity contribution in [2.24, 2.45) is 22.2 Å². The predicted octanol–water partition coefficient (Wildman–Crippen LogP) is 2.05. The van der Waals surface area contributed by atoms with Crippen LogP contribution in [-0.2, 0) is 9.53 Å². The van der Waals surface area contributed by atoms with E-state index in [-0.39, 0.29) is 34.2 Å². The number of fused-ring (bicyclic) bond motifs is 1. The van der Waals surface area contributed by atoms with Crippen LogP contribution in [0.2, 0.25) is 0 Å². The summed E-state index contributed by atoms with van der Waals surface area (Å²) in [7, 11) is 0. The lowest BCUT2D eigenvalue weighted by Gasteiger charge is -2.34. The molecule has 3 heteroatoms. The van der Waals surface area contributed by atoms with Crippen molar-refractivity contribution >= 4 is 5.97 Å². The molecule has 3 nitrogen and oxygen atoms in total. The molecule has 4 atom stereocenters. The van der Waals surface area contributed by atoms with Crippen LogP contribution in [0.25, 0.3) is 0 Å². The van der Waals surface area contributed by atoms with Gasteiger partial charge in [0.2, 0.25) is 0 Å². The number of ether oxygens (including phenoxy) is 1. The van der Waals surface area contributed by atoms with Gasteiger partial charge in [-0.05, 0) is 24.7 Å². The maximum Gasteiger partial charge on any atom is 0.334 e. The second-order valence-electron chi connectivity index (χ2n) is 7.75. The number of aliphatic hydroxyl groups excluding tert-OH is 1. The minimum absolute atomic E-state index is 0.108. The van der Waals surface area contributed by atoms with Gasteiger partial charge in [-0.15, -0.1) is 0 Å². The van der Waals surface area contributed by atoms with Gasteiger partial charge < -0.3 is 9.84 Å². The van der Waals surface area contributed by atoms with Crippen LogP contribution in [0.1, 0.15) is 40.0 Å². The molecule has 0 amide bonds. The molecule has 18 heavy (non-hydrogen) atoms. The fourth-order valence-corrected chi connectivity index (χ4v) is 4.98. The van der Waals surface area contributed by atoms with Gasteiger partial charge in [0.25, 0.3) is 0 Å². The zero-order valence-electron chi connectivity index (χ0n) is 11.2. The molecule has 0 radical (unpaired) electrons. The molecule has 0 aromatic rings. The fraction of sp³-hybridized carbons (Fsp3) is 0.800. The maximum atomic E-state index is 12.1. The third-order valence-corrected chi connectivity index (χ3v) is 6.01. The molecular formula is C15H20O3. The first kappa shape index (κ1) is 11.0. The Balaban J connectivity index is 1.93. The van der Waals surface area contributed by atoms with Crippen molar-refractivity contribution in [3.05, 3.63) is 11.1 Å². The second kappa shape index (κ2) is 2.69. The number of carbonyl (C=O) groups is 1. The Morgan fingerprint density at radius 1 is 1.33 bits per heavy atom. The van der Waals surface area contributed by atoms with Gasteiger partial charge in [-0.1, -0.05) is 26.3 Å². The maximum absolute atomic E-state index is 12.1. The normalized spacial score (nSPS) is 51.7. The highest BCUT2D eigenvalue weighted by Gasteiger charge is 2.78. The van der Waals surface area contributed by atoms with E-state index in [2.05, 4.69) is 20.8 Å². The Kier molecular flexibility index (Phi) is 1.65. The summed E-state index contributed by atoms with van der Waals surface area (Å²) in [4.78, 5) is 12.1. The van der Waals surface area contributed by atoms with Gasteiger partial charge in [0.1, 0.15) is 6.61 Å². The predicted molar refractivity (Wildman–Crippen MR) is 65.7 cm³/mol. The molecule has 0 bridgehead atoms. The molecule has 1 saturated heterocycles. The number of esters is 1. The Hall–Kier alpha value is -0.830. The SMILES string of the molecule is CC1(C)CC2=C3C(=O)OC[C@@]34C[C@@]4(C)[C@@H](O)[C@@H]2C1. The lowest BCUT2D eigenvalue weighted by atomic mass is 9.71. The summed E-state index contributed by atoms with van der Waals surface area (Å²) in [5.74, 6) is 0.0737. The van der Waals surface area contributed by atoms with Crippen LogP contribution in [0, 0.1) is 22.2 Å². The van der Waals surface area contributed by atoms with E-state index >= 15 is 0 Å². The van der Waals surface area contributed by atoms with E-state index in [1.54, 1.807) is 0 Å². The van der Waals surface area contributed by atoms with Crippen molar-refractivity contribution in [3.63, 3.8) is 0 Å². The van der Waals surface area contributed by atoms with Gasteiger partial charge in [0, 0.05) is 22.3 Å². The first-order valence-electron chi connectivity index (χ1n) is 6.90. The average Bonchev–Trinajstić information content (AvgIpc) is 2.56. The molecule has 3 fully saturated rings. The van der Waals surface area contributed by atoms with Gasteiger partial charge in [-0.2, -0.15) is 0 Å². The van der Waals surface area contributed by atoms with Crippen LogP contribution in [-0.4, -0.2) is 23.8 Å². The Labute approximate surface area is 107 Å². The number of aliphatic hydroxyl groups is 1. The van der Waals surface area contributed by atoms with E-state index < -0.39 is 0 Å². The van der Waals surface area contributed by atoms with E-state index in [0.29, 0.717) is 6.61 Å². The van der Waals surface area contributed by atoms with Crippen molar-refractivity contribution < 1.29 is 14.6 Å². The molecule has 98 valence electrons. The summed E-state index contributed by atoms with van der Waals surface area (Å²) in [6, 6.07) is 0. The van der Waals surface area contributed by atoms with Crippen LogP contribution >= 0.6 is 0 Å². The summed E-state index contributed by atoms with van der Waals surface area (Å²) in [6.45, 7) is 7.08. The number of cyclic esters (lactones) is 1. The van der Waals surface area contributed by atoms with E-state index in [0.717, 1.165) is 24.8 Å². The van der Waals surface area contributed by atoms with Crippen molar-refractivity contribution in [2.45, 2.75) is 46.1 Å². The minimum atomic E-state index is -0.299. The Morgan fingerprint density at radius 2 is 2.06 bits per heavy atom. The second-order valence-corrected chi connectivity index (χ2v) is 7.75. The number of carbonyl (C=O) groups excluding carboxylic acids is 1. The summed E-state index contributed by atoms with van der Waals surface area (Å²) >= 11 is 0. The molecule has 1 spiro atoms.